The third-order valence-electron chi connectivity index (χ3n) is 3.12. The minimum Gasteiger partial charge on any atom is -0.496 e. The maximum absolute atomic E-state index is 12.2. The Morgan fingerprint density at radius 2 is 1.85 bits per heavy atom. The zero-order valence-corrected chi connectivity index (χ0v) is 14.7. The topological polar surface area (TPSA) is 112 Å². The van der Waals surface area contributed by atoms with Crippen molar-refractivity contribution >= 4 is 18.0 Å². The minimum atomic E-state index is -0.825. The van der Waals surface area contributed by atoms with Crippen LogP contribution >= 0.6 is 0 Å². The zero-order valence-electron chi connectivity index (χ0n) is 14.7. The molecule has 1 aromatic heterocycles. The molecule has 1 heterocycles. The monoisotopic (exact) mass is 364 g/mol. The van der Waals surface area contributed by atoms with Crippen LogP contribution < -0.4 is 10.4 Å². The van der Waals surface area contributed by atoms with Gasteiger partial charge in [-0.2, -0.15) is 0 Å². The van der Waals surface area contributed by atoms with Crippen molar-refractivity contribution in [3.63, 3.8) is 0 Å². The molecule has 1 aromatic rings. The number of esters is 2. The van der Waals surface area contributed by atoms with Gasteiger partial charge in [-0.15, -0.1) is 0 Å². The van der Waals surface area contributed by atoms with Crippen LogP contribution in [0.1, 0.15) is 23.8 Å². The summed E-state index contributed by atoms with van der Waals surface area (Å²) in [6, 6.07) is 0. The second kappa shape index (κ2) is 10.7. The number of rotatable bonds is 8. The molecule has 0 saturated heterocycles. The molecule has 0 aliphatic carbocycles. The molecule has 0 atom stereocenters. The fourth-order valence-electron chi connectivity index (χ4n) is 1.91. The average molecular weight is 364 g/mol. The first-order valence-corrected chi connectivity index (χ1v) is 7.54. The van der Waals surface area contributed by atoms with E-state index in [0.29, 0.717) is 0 Å². The molecule has 0 bridgehead atoms. The second-order valence-electron chi connectivity index (χ2n) is 4.75. The standard InChI is InChI=1S/C18H20O8/c1-4-5-6-7-16(21)25-11-13-17(24-3)12(10-19)14(26-18(13)22)8-9-15(20)23-2/h4-9,19H,10-11H2,1-3H3/b5-4+,7-6-,9-8+. The van der Waals surface area contributed by atoms with E-state index < -0.39 is 30.8 Å². The Morgan fingerprint density at radius 3 is 2.42 bits per heavy atom. The molecule has 0 fully saturated rings. The molecule has 1 N–H and O–H groups in total. The van der Waals surface area contributed by atoms with Crippen LogP contribution in [0.2, 0.25) is 0 Å². The molecule has 1 rings (SSSR count). The van der Waals surface area contributed by atoms with Crippen LogP contribution in [0.15, 0.2) is 39.6 Å². The summed E-state index contributed by atoms with van der Waals surface area (Å²) in [7, 11) is 2.48. The van der Waals surface area contributed by atoms with Gasteiger partial charge in [-0.1, -0.05) is 18.2 Å². The fourth-order valence-corrected chi connectivity index (χ4v) is 1.91. The second-order valence-corrected chi connectivity index (χ2v) is 4.75. The minimum absolute atomic E-state index is 0.0125. The number of carbonyl (C=O) groups is 2. The summed E-state index contributed by atoms with van der Waals surface area (Å²) in [5.41, 5.74) is -0.767. The van der Waals surface area contributed by atoms with Crippen LogP contribution in [0.25, 0.3) is 6.08 Å². The molecule has 26 heavy (non-hydrogen) atoms. The van der Waals surface area contributed by atoms with Crippen molar-refractivity contribution < 1.29 is 33.3 Å². The molecule has 0 aliphatic rings. The van der Waals surface area contributed by atoms with Crippen molar-refractivity contribution in [2.75, 3.05) is 14.2 Å². The Bertz CT molecular complexity index is 783. The van der Waals surface area contributed by atoms with E-state index in [1.54, 1.807) is 19.1 Å². The Labute approximate surface area is 150 Å². The summed E-state index contributed by atoms with van der Waals surface area (Å²) >= 11 is 0. The average Bonchev–Trinajstić information content (AvgIpc) is 2.64. The smallest absolute Gasteiger partial charge is 0.346 e. The van der Waals surface area contributed by atoms with Gasteiger partial charge in [0, 0.05) is 12.2 Å². The first kappa shape index (κ1) is 20.9. The van der Waals surface area contributed by atoms with Gasteiger partial charge in [0.2, 0.25) is 0 Å². The Morgan fingerprint density at radius 1 is 1.12 bits per heavy atom. The van der Waals surface area contributed by atoms with E-state index >= 15 is 0 Å². The first-order chi connectivity index (χ1) is 12.5. The van der Waals surface area contributed by atoms with Gasteiger partial charge in [0.05, 0.1) is 26.4 Å². The third-order valence-corrected chi connectivity index (χ3v) is 3.12. The molecule has 0 aliphatic heterocycles. The lowest BCUT2D eigenvalue weighted by Gasteiger charge is -2.12. The number of methoxy groups -OCH3 is 2. The lowest BCUT2D eigenvalue weighted by Crippen LogP contribution is -2.16. The number of hydrogen-bond donors (Lipinski definition) is 1. The number of aliphatic hydroxyl groups excluding tert-OH is 1. The predicted octanol–water partition coefficient (Wildman–Crippen LogP) is 1.50. The van der Waals surface area contributed by atoms with E-state index in [1.807, 2.05) is 0 Å². The van der Waals surface area contributed by atoms with Crippen molar-refractivity contribution in [1.82, 2.24) is 0 Å². The molecule has 0 spiro atoms. The third kappa shape index (κ3) is 5.75. The molecule has 8 nitrogen and oxygen atoms in total. The SMILES string of the molecule is C/C=C/C=C\C(=O)OCc1c(OC)c(CO)c(/C=C/C(=O)OC)oc1=O. The van der Waals surface area contributed by atoms with Crippen LogP contribution in [0.3, 0.4) is 0 Å². The predicted molar refractivity (Wildman–Crippen MR) is 92.3 cm³/mol. The molecule has 0 saturated carbocycles. The van der Waals surface area contributed by atoms with E-state index in [9.17, 15) is 19.5 Å². The van der Waals surface area contributed by atoms with Crippen molar-refractivity contribution in [2.24, 2.45) is 0 Å². The van der Waals surface area contributed by atoms with E-state index in [4.69, 9.17) is 13.9 Å². The summed E-state index contributed by atoms with van der Waals surface area (Å²) < 4.78 is 19.7. The highest BCUT2D eigenvalue weighted by Crippen LogP contribution is 2.26. The molecule has 0 unspecified atom stereocenters. The van der Waals surface area contributed by atoms with Crippen molar-refractivity contribution in [1.29, 1.82) is 0 Å². The number of aliphatic hydroxyl groups is 1. The zero-order chi connectivity index (χ0) is 19.5. The summed E-state index contributed by atoms with van der Waals surface area (Å²) in [6.07, 6.45) is 8.26. The largest absolute Gasteiger partial charge is 0.496 e. The first-order valence-electron chi connectivity index (χ1n) is 7.54. The fraction of sp³-hybridized carbons (Fsp3) is 0.278. The molecular formula is C18H20O8. The molecule has 8 heteroatoms. The van der Waals surface area contributed by atoms with Gasteiger partial charge in [0.25, 0.3) is 0 Å². The van der Waals surface area contributed by atoms with Gasteiger partial charge < -0.3 is 23.7 Å². The Hall–Kier alpha value is -3.13. The van der Waals surface area contributed by atoms with Gasteiger partial charge in [0.15, 0.2) is 0 Å². The van der Waals surface area contributed by atoms with Crippen LogP contribution in [0.5, 0.6) is 5.75 Å². The number of ether oxygens (including phenoxy) is 3. The van der Waals surface area contributed by atoms with E-state index in [0.717, 1.165) is 6.08 Å². The van der Waals surface area contributed by atoms with Gasteiger partial charge in [0.1, 0.15) is 23.7 Å². The Balaban J connectivity index is 3.17. The highest BCUT2D eigenvalue weighted by molar-refractivity contribution is 5.86. The number of carbonyl (C=O) groups excluding carboxylic acids is 2. The summed E-state index contributed by atoms with van der Waals surface area (Å²) in [5, 5.41) is 9.57. The molecule has 0 aromatic carbocycles. The molecule has 140 valence electrons. The lowest BCUT2D eigenvalue weighted by atomic mass is 10.1. The van der Waals surface area contributed by atoms with Crippen molar-refractivity contribution in [3.05, 3.63) is 57.7 Å². The molecule has 0 radical (unpaired) electrons. The van der Waals surface area contributed by atoms with E-state index in [-0.39, 0.29) is 22.6 Å². The van der Waals surface area contributed by atoms with Gasteiger partial charge in [-0.3, -0.25) is 0 Å². The van der Waals surface area contributed by atoms with Crippen molar-refractivity contribution in [2.45, 2.75) is 20.1 Å². The molecular weight excluding hydrogens is 344 g/mol. The number of hydrogen-bond acceptors (Lipinski definition) is 8. The maximum atomic E-state index is 12.2. The maximum Gasteiger partial charge on any atom is 0.346 e. The van der Waals surface area contributed by atoms with Crippen molar-refractivity contribution in [3.8, 4) is 5.75 Å². The quantitative estimate of drug-likeness (QED) is 0.420. The van der Waals surface area contributed by atoms with E-state index in [1.165, 1.54) is 32.4 Å². The normalized spacial score (nSPS) is 11.4. The van der Waals surface area contributed by atoms with Crippen LogP contribution in [0, 0.1) is 0 Å². The highest BCUT2D eigenvalue weighted by atomic mass is 16.5. The Kier molecular flexibility index (Phi) is 8.59. The van der Waals surface area contributed by atoms with Crippen LogP contribution in [-0.4, -0.2) is 31.3 Å². The number of allylic oxidation sites excluding steroid dienone is 3. The lowest BCUT2D eigenvalue weighted by molar-refractivity contribution is -0.139. The van der Waals surface area contributed by atoms with E-state index in [2.05, 4.69) is 4.74 Å². The molecule has 0 amide bonds. The highest BCUT2D eigenvalue weighted by Gasteiger charge is 2.20. The van der Waals surface area contributed by atoms with Crippen LogP contribution in [0.4, 0.5) is 0 Å². The summed E-state index contributed by atoms with van der Waals surface area (Å²) in [4.78, 5) is 35.0. The van der Waals surface area contributed by atoms with Gasteiger partial charge >= 0.3 is 17.6 Å². The van der Waals surface area contributed by atoms with Crippen LogP contribution in [-0.2, 0) is 32.3 Å². The summed E-state index contributed by atoms with van der Waals surface area (Å²) in [6.45, 7) is 0.854. The van der Waals surface area contributed by atoms with Gasteiger partial charge in [-0.05, 0) is 13.0 Å². The summed E-state index contributed by atoms with van der Waals surface area (Å²) in [5.74, 6) is -1.38. The van der Waals surface area contributed by atoms with Gasteiger partial charge in [-0.25, -0.2) is 14.4 Å².